The first-order valence-corrected chi connectivity index (χ1v) is 16.2. The zero-order chi connectivity index (χ0) is 30.2. The molecule has 0 aliphatic heterocycles. The maximum Gasteiger partial charge on any atom is 0.316 e. The summed E-state index contributed by atoms with van der Waals surface area (Å²) in [6.07, 6.45) is 0. The van der Waals surface area contributed by atoms with E-state index in [9.17, 15) is 13.7 Å². The van der Waals surface area contributed by atoms with Crippen molar-refractivity contribution in [3.8, 4) is 0 Å². The fourth-order valence-electron chi connectivity index (χ4n) is 3.02. The Bertz CT molecular complexity index is 1590. The van der Waals surface area contributed by atoms with Crippen LogP contribution in [0.4, 0.5) is 0 Å². The second-order valence-electron chi connectivity index (χ2n) is 7.54. The van der Waals surface area contributed by atoms with E-state index >= 15 is 0 Å². The van der Waals surface area contributed by atoms with Crippen LogP contribution >= 0.6 is 22.3 Å². The minimum absolute atomic E-state index is 0.141. The highest BCUT2D eigenvalue weighted by Crippen LogP contribution is 2.45. The lowest BCUT2D eigenvalue weighted by atomic mass is 10.4. The summed E-state index contributed by atoms with van der Waals surface area (Å²) in [5, 5.41) is 1.37. The third-order valence-electron chi connectivity index (χ3n) is 4.89. The maximum atomic E-state index is 12.8. The predicted molar refractivity (Wildman–Crippen MR) is 159 cm³/mol. The lowest BCUT2D eigenvalue weighted by Gasteiger charge is -2.12. The Kier molecular flexibility index (Phi) is 12.6. The number of nitrogens with zero attached hydrogens (tertiary/aromatic N) is 9. The van der Waals surface area contributed by atoms with Crippen LogP contribution in [0.2, 0.25) is 0 Å². The predicted octanol–water partition coefficient (Wildman–Crippen LogP) is 6.84. The second-order valence-corrected chi connectivity index (χ2v) is 13.5. The van der Waals surface area contributed by atoms with Crippen LogP contribution in [-0.4, -0.2) is 9.79 Å². The topological polar surface area (TPSA) is 238 Å². The molecule has 0 heterocycles. The number of azide groups is 3. The molecule has 0 bridgehead atoms. The van der Waals surface area contributed by atoms with Crippen molar-refractivity contribution in [2.75, 3.05) is 0 Å². The molecule has 208 valence electrons. The van der Waals surface area contributed by atoms with Gasteiger partial charge in [-0.3, -0.25) is 9.13 Å². The Morgan fingerprint density at radius 1 is 0.439 bits per heavy atom. The van der Waals surface area contributed by atoms with Gasteiger partial charge in [0.25, 0.3) is 0 Å². The molecule has 17 heteroatoms. The minimum Gasteiger partial charge on any atom is -0.337 e. The molecule has 4 aromatic carbocycles. The third-order valence-corrected chi connectivity index (χ3v) is 9.80. The first kappa shape index (κ1) is 32.6. The molecule has 41 heavy (non-hydrogen) atoms. The Morgan fingerprint density at radius 3 is 0.927 bits per heavy atom. The fourth-order valence-corrected chi connectivity index (χ4v) is 6.34. The average molecular weight is 609 g/mol. The summed E-state index contributed by atoms with van der Waals surface area (Å²) >= 11 is 0. The summed E-state index contributed by atoms with van der Waals surface area (Å²) in [6, 6.07) is 33.2. The highest BCUT2D eigenvalue weighted by atomic mass is 31.2. The smallest absolute Gasteiger partial charge is 0.316 e. The summed E-state index contributed by atoms with van der Waals surface area (Å²) in [5.41, 5.74) is 24.6. The van der Waals surface area contributed by atoms with E-state index in [4.69, 9.17) is 26.4 Å². The normalized spacial score (nSPS) is 12.8. The largest absolute Gasteiger partial charge is 0.337 e. The van der Waals surface area contributed by atoms with Gasteiger partial charge in [0.05, 0.1) is 0 Å². The Hall–Kier alpha value is -4.58. The maximum absolute atomic E-state index is 12.8. The zero-order valence-electron chi connectivity index (χ0n) is 21.0. The first-order valence-electron chi connectivity index (χ1n) is 11.3. The lowest BCUT2D eigenvalue weighted by Crippen LogP contribution is -2.13. The molecular weight excluding hydrogens is 587 g/mol. The SMILES string of the molecule is [N-]=[N+]=NP(=O)(O)c1ccccc1.[N-]=[N+]=NP(=O)(O)c1ccccc1.[N-]=[N+]=NP(=O)(c1ccccc1)c1ccccc1. The molecule has 2 N–H and O–H groups in total. The van der Waals surface area contributed by atoms with Gasteiger partial charge in [0, 0.05) is 45.7 Å². The van der Waals surface area contributed by atoms with Gasteiger partial charge in [0.2, 0.25) is 7.29 Å². The average Bonchev–Trinajstić information content (AvgIpc) is 3.00. The van der Waals surface area contributed by atoms with E-state index in [2.05, 4.69) is 29.4 Å². The molecule has 0 spiro atoms. The Labute approximate surface area is 234 Å². The highest BCUT2D eigenvalue weighted by molar-refractivity contribution is 7.77. The summed E-state index contributed by atoms with van der Waals surface area (Å²) < 4.78 is 35.1. The van der Waals surface area contributed by atoms with E-state index in [1.165, 1.54) is 24.3 Å². The Balaban J connectivity index is 0.000000221. The van der Waals surface area contributed by atoms with Crippen LogP contribution in [0, 0.1) is 0 Å². The van der Waals surface area contributed by atoms with Gasteiger partial charge in [-0.2, -0.15) is 0 Å². The Morgan fingerprint density at radius 2 is 0.683 bits per heavy atom. The van der Waals surface area contributed by atoms with Gasteiger partial charge in [0.15, 0.2) is 0 Å². The van der Waals surface area contributed by atoms with Gasteiger partial charge < -0.3 is 14.4 Å². The second kappa shape index (κ2) is 15.9. The fraction of sp³-hybridized carbons (Fsp3) is 0. The van der Waals surface area contributed by atoms with Crippen molar-refractivity contribution in [2.24, 2.45) is 14.7 Å². The number of benzene rings is 4. The van der Waals surface area contributed by atoms with Crippen molar-refractivity contribution >= 4 is 43.5 Å². The molecule has 0 saturated heterocycles. The molecule has 0 amide bonds. The van der Waals surface area contributed by atoms with Gasteiger partial charge >= 0.3 is 15.0 Å². The van der Waals surface area contributed by atoms with Crippen LogP contribution in [-0.2, 0) is 13.7 Å². The van der Waals surface area contributed by atoms with Crippen molar-refractivity contribution in [3.63, 3.8) is 0 Å². The number of hydrogen-bond donors (Lipinski definition) is 2. The molecule has 2 atom stereocenters. The van der Waals surface area contributed by atoms with Gasteiger partial charge in [-0.05, 0) is 45.7 Å². The molecule has 0 aliphatic rings. The van der Waals surface area contributed by atoms with Crippen LogP contribution in [0.15, 0.2) is 136 Å². The minimum atomic E-state index is -3.84. The van der Waals surface area contributed by atoms with Gasteiger partial charge in [-0.1, -0.05) is 97.1 Å². The van der Waals surface area contributed by atoms with E-state index in [1.54, 1.807) is 84.9 Å². The molecule has 0 saturated carbocycles. The molecule has 2 unspecified atom stereocenters. The van der Waals surface area contributed by atoms with Crippen LogP contribution in [0.3, 0.4) is 0 Å². The van der Waals surface area contributed by atoms with E-state index in [0.717, 1.165) is 0 Å². The van der Waals surface area contributed by atoms with Crippen molar-refractivity contribution in [3.05, 3.63) is 153 Å². The monoisotopic (exact) mass is 609 g/mol. The van der Waals surface area contributed by atoms with Crippen molar-refractivity contribution in [1.82, 2.24) is 0 Å². The molecule has 0 aromatic heterocycles. The van der Waals surface area contributed by atoms with Gasteiger partial charge in [-0.15, -0.1) is 0 Å². The van der Waals surface area contributed by atoms with Crippen molar-refractivity contribution in [1.29, 1.82) is 0 Å². The summed E-state index contributed by atoms with van der Waals surface area (Å²) in [4.78, 5) is 34.7. The van der Waals surface area contributed by atoms with E-state index < -0.39 is 22.3 Å². The third kappa shape index (κ3) is 9.84. The molecule has 14 nitrogen and oxygen atoms in total. The summed E-state index contributed by atoms with van der Waals surface area (Å²) in [6.45, 7) is 0. The quantitative estimate of drug-likeness (QED) is 0.0986. The number of hydrogen-bond acceptors (Lipinski definition) is 3. The lowest BCUT2D eigenvalue weighted by molar-refractivity contribution is 0.489. The standard InChI is InChI=1S/C12H10N3OP.2C6H6N3O2P/c13-14-15-17(16,11-7-3-1-4-8-11)12-9-5-2-6-10-12;2*7-8-9-12(10,11)6-4-2-1-3-5-6/h1-10H;2*1-5H,(H,10,11). The highest BCUT2D eigenvalue weighted by Gasteiger charge is 2.25. The van der Waals surface area contributed by atoms with Crippen LogP contribution in [0.25, 0.3) is 31.3 Å². The molecule has 0 aliphatic carbocycles. The first-order chi connectivity index (χ1) is 19.6. The van der Waals surface area contributed by atoms with Gasteiger partial charge in [0.1, 0.15) is 0 Å². The van der Waals surface area contributed by atoms with Gasteiger partial charge in [-0.25, -0.2) is 0 Å². The van der Waals surface area contributed by atoms with E-state index in [1.807, 2.05) is 12.1 Å². The molecule has 4 rings (SSSR count). The molecule has 4 aromatic rings. The van der Waals surface area contributed by atoms with Crippen LogP contribution < -0.4 is 21.2 Å². The summed E-state index contributed by atoms with van der Waals surface area (Å²) in [7, 11) is -10.9. The van der Waals surface area contributed by atoms with Crippen molar-refractivity contribution < 1.29 is 23.5 Å². The van der Waals surface area contributed by atoms with E-state index in [0.29, 0.717) is 10.6 Å². The number of rotatable bonds is 7. The summed E-state index contributed by atoms with van der Waals surface area (Å²) in [5.74, 6) is 0. The van der Waals surface area contributed by atoms with Crippen molar-refractivity contribution in [2.45, 2.75) is 0 Å². The molecule has 0 radical (unpaired) electrons. The molecular formula is C24H22N9O5P3. The molecule has 0 fully saturated rings. The zero-order valence-corrected chi connectivity index (χ0v) is 23.7. The van der Waals surface area contributed by atoms with E-state index in [-0.39, 0.29) is 10.6 Å². The van der Waals surface area contributed by atoms with Crippen LogP contribution in [0.1, 0.15) is 0 Å². The van der Waals surface area contributed by atoms with Crippen LogP contribution in [0.5, 0.6) is 0 Å².